The number of phenols is 2. The predicted octanol–water partition coefficient (Wildman–Crippen LogP) is 2.13. The monoisotopic (exact) mass is 458 g/mol. The number of phenolic OH excluding ortho intramolecular Hbond substituents is 2. The Morgan fingerprint density at radius 2 is 1.59 bits per heavy atom. The lowest BCUT2D eigenvalue weighted by Gasteiger charge is -2.20. The minimum atomic E-state index is -3.90. The molecule has 0 spiro atoms. The van der Waals surface area contributed by atoms with E-state index >= 15 is 0 Å². The third kappa shape index (κ3) is 6.21. The molecule has 170 valence electrons. The van der Waals surface area contributed by atoms with Crippen LogP contribution in [0.4, 0.5) is 5.69 Å². The number of aliphatic hydroxyl groups excluding tert-OH is 2. The van der Waals surface area contributed by atoms with Gasteiger partial charge in [-0.25, -0.2) is 8.42 Å². The summed E-state index contributed by atoms with van der Waals surface area (Å²) in [5, 5.41) is 42.7. The van der Waals surface area contributed by atoms with Crippen molar-refractivity contribution in [3.05, 3.63) is 83.9 Å². The third-order valence-electron chi connectivity index (χ3n) is 4.94. The Morgan fingerprint density at radius 3 is 2.25 bits per heavy atom. The van der Waals surface area contributed by atoms with Crippen molar-refractivity contribution in [3.8, 4) is 11.5 Å². The largest absolute Gasteiger partial charge is 0.508 e. The summed E-state index contributed by atoms with van der Waals surface area (Å²) in [6.45, 7) is -0.0652. The van der Waals surface area contributed by atoms with Gasteiger partial charge in [0.1, 0.15) is 11.5 Å². The van der Waals surface area contributed by atoms with Crippen LogP contribution in [0.3, 0.4) is 0 Å². The van der Waals surface area contributed by atoms with Crippen LogP contribution in [-0.2, 0) is 16.4 Å². The molecule has 3 aromatic rings. The minimum absolute atomic E-state index is 0.0480. The van der Waals surface area contributed by atoms with Gasteiger partial charge in [-0.2, -0.15) is 0 Å². The molecule has 0 heterocycles. The first-order chi connectivity index (χ1) is 15.3. The lowest BCUT2D eigenvalue weighted by molar-refractivity contribution is 0.158. The van der Waals surface area contributed by atoms with Crippen LogP contribution in [0, 0.1) is 0 Å². The van der Waals surface area contributed by atoms with Crippen LogP contribution in [0.15, 0.2) is 77.7 Å². The van der Waals surface area contributed by atoms with Gasteiger partial charge in [-0.05, 0) is 53.9 Å². The zero-order valence-corrected chi connectivity index (χ0v) is 18.0. The molecule has 0 aliphatic rings. The van der Waals surface area contributed by atoms with Gasteiger partial charge in [0.15, 0.2) is 0 Å². The summed E-state index contributed by atoms with van der Waals surface area (Å²) in [5.74, 6) is -0.113. The zero-order valence-electron chi connectivity index (χ0n) is 17.2. The summed E-state index contributed by atoms with van der Waals surface area (Å²) >= 11 is 0. The number of benzene rings is 3. The van der Waals surface area contributed by atoms with Gasteiger partial charge in [-0.15, -0.1) is 0 Å². The molecule has 0 unspecified atom stereocenters. The van der Waals surface area contributed by atoms with Crippen molar-refractivity contribution in [3.63, 3.8) is 0 Å². The van der Waals surface area contributed by atoms with Crippen LogP contribution in [0.5, 0.6) is 11.5 Å². The van der Waals surface area contributed by atoms with Gasteiger partial charge in [-0.3, -0.25) is 4.72 Å². The highest BCUT2D eigenvalue weighted by Crippen LogP contribution is 2.29. The van der Waals surface area contributed by atoms with E-state index < -0.39 is 16.1 Å². The molecule has 8 nitrogen and oxygen atoms in total. The summed E-state index contributed by atoms with van der Waals surface area (Å²) < 4.78 is 27.4. The number of nitrogens with one attached hydrogen (secondary N) is 2. The van der Waals surface area contributed by atoms with E-state index in [0.717, 1.165) is 5.56 Å². The second-order valence-corrected chi connectivity index (χ2v) is 9.05. The SMILES string of the molecule is O=S(=O)(Nc1cc([C@@H](O)CN[C@H](CO)Cc2ccc(O)cc2)ccc1O)c1ccccc1. The first-order valence-corrected chi connectivity index (χ1v) is 11.5. The van der Waals surface area contributed by atoms with E-state index in [0.29, 0.717) is 12.0 Å². The molecule has 9 heteroatoms. The highest BCUT2D eigenvalue weighted by molar-refractivity contribution is 7.92. The van der Waals surface area contributed by atoms with Crippen molar-refractivity contribution in [1.82, 2.24) is 5.32 Å². The third-order valence-corrected chi connectivity index (χ3v) is 6.32. The average molecular weight is 459 g/mol. The quantitative estimate of drug-likeness (QED) is 0.256. The Morgan fingerprint density at radius 1 is 0.906 bits per heavy atom. The van der Waals surface area contributed by atoms with Crippen molar-refractivity contribution in [1.29, 1.82) is 0 Å². The van der Waals surface area contributed by atoms with Gasteiger partial charge in [-0.1, -0.05) is 36.4 Å². The number of hydrogen-bond acceptors (Lipinski definition) is 7. The van der Waals surface area contributed by atoms with Gasteiger partial charge in [0.25, 0.3) is 10.0 Å². The van der Waals surface area contributed by atoms with E-state index in [1.54, 1.807) is 42.5 Å². The first kappa shape index (κ1) is 23.6. The van der Waals surface area contributed by atoms with Crippen molar-refractivity contribution in [2.24, 2.45) is 0 Å². The fourth-order valence-electron chi connectivity index (χ4n) is 3.16. The summed E-state index contributed by atoms with van der Waals surface area (Å²) in [5.41, 5.74) is 1.25. The van der Waals surface area contributed by atoms with Gasteiger partial charge in [0.05, 0.1) is 23.3 Å². The maximum Gasteiger partial charge on any atom is 0.262 e. The van der Waals surface area contributed by atoms with E-state index in [9.17, 15) is 28.8 Å². The van der Waals surface area contributed by atoms with Crippen molar-refractivity contribution in [2.45, 2.75) is 23.5 Å². The van der Waals surface area contributed by atoms with Crippen LogP contribution in [-0.4, -0.2) is 48.0 Å². The number of hydrogen-bond donors (Lipinski definition) is 6. The highest BCUT2D eigenvalue weighted by atomic mass is 32.2. The number of sulfonamides is 1. The molecule has 3 aromatic carbocycles. The van der Waals surface area contributed by atoms with E-state index in [1.807, 2.05) is 0 Å². The van der Waals surface area contributed by atoms with Gasteiger partial charge in [0, 0.05) is 12.6 Å². The zero-order chi connectivity index (χ0) is 23.1. The fraction of sp³-hybridized carbons (Fsp3) is 0.217. The molecule has 0 bridgehead atoms. The molecule has 0 fully saturated rings. The topological polar surface area (TPSA) is 139 Å². The number of rotatable bonds is 10. The Hall–Kier alpha value is -3.11. The lowest BCUT2D eigenvalue weighted by Crippen LogP contribution is -2.37. The molecule has 0 amide bonds. The van der Waals surface area contributed by atoms with Crippen molar-refractivity contribution < 1.29 is 28.8 Å². The minimum Gasteiger partial charge on any atom is -0.508 e. The second kappa shape index (κ2) is 10.5. The first-order valence-electron chi connectivity index (χ1n) is 9.99. The molecule has 6 N–H and O–H groups in total. The molecular weight excluding hydrogens is 432 g/mol. The molecule has 32 heavy (non-hydrogen) atoms. The van der Waals surface area contributed by atoms with Gasteiger partial charge >= 0.3 is 0 Å². The fourth-order valence-corrected chi connectivity index (χ4v) is 4.25. The summed E-state index contributed by atoms with van der Waals surface area (Å²) in [7, 11) is -3.90. The summed E-state index contributed by atoms with van der Waals surface area (Å²) in [6, 6.07) is 18.2. The molecule has 0 aliphatic heterocycles. The molecule has 2 atom stereocenters. The molecule has 0 saturated heterocycles. The van der Waals surface area contributed by atoms with E-state index in [4.69, 9.17) is 0 Å². The highest BCUT2D eigenvalue weighted by Gasteiger charge is 2.18. The Labute approximate surface area is 186 Å². The normalized spacial score (nSPS) is 13.4. The standard InChI is InChI=1S/C23H26N2O6S/c26-15-18(12-16-6-9-19(27)10-7-16)24-14-23(29)17-8-11-22(28)21(13-17)25-32(30,31)20-4-2-1-3-5-20/h1-11,13,18,23-29H,12,14-15H2/t18-,23-/m0/s1. The van der Waals surface area contributed by atoms with E-state index in [-0.39, 0.29) is 41.3 Å². The molecule has 3 rings (SSSR count). The average Bonchev–Trinajstić information content (AvgIpc) is 2.79. The molecule has 0 aliphatic carbocycles. The maximum atomic E-state index is 12.5. The van der Waals surface area contributed by atoms with Gasteiger partial charge < -0.3 is 25.7 Å². The number of aliphatic hydroxyl groups is 2. The van der Waals surface area contributed by atoms with Crippen LogP contribution in [0.25, 0.3) is 0 Å². The molecular formula is C23H26N2O6S. The van der Waals surface area contributed by atoms with E-state index in [2.05, 4.69) is 10.0 Å². The number of anilines is 1. The smallest absolute Gasteiger partial charge is 0.262 e. The predicted molar refractivity (Wildman–Crippen MR) is 121 cm³/mol. The lowest BCUT2D eigenvalue weighted by atomic mass is 10.0. The van der Waals surface area contributed by atoms with Gasteiger partial charge in [0.2, 0.25) is 0 Å². The maximum absolute atomic E-state index is 12.5. The molecule has 0 radical (unpaired) electrons. The van der Waals surface area contributed by atoms with Crippen molar-refractivity contribution in [2.75, 3.05) is 17.9 Å². The Bertz CT molecular complexity index is 1120. The number of aromatic hydroxyl groups is 2. The Kier molecular flexibility index (Phi) is 7.70. The molecule has 0 aromatic heterocycles. The summed E-state index contributed by atoms with van der Waals surface area (Å²) in [6.07, 6.45) is -0.522. The van der Waals surface area contributed by atoms with Crippen LogP contribution in [0.1, 0.15) is 17.2 Å². The van der Waals surface area contributed by atoms with E-state index in [1.165, 1.54) is 30.3 Å². The van der Waals surface area contributed by atoms with Crippen LogP contribution < -0.4 is 10.0 Å². The summed E-state index contributed by atoms with van der Waals surface area (Å²) in [4.78, 5) is 0.0482. The second-order valence-electron chi connectivity index (χ2n) is 7.37. The van der Waals surface area contributed by atoms with Crippen LogP contribution >= 0.6 is 0 Å². The molecule has 0 saturated carbocycles. The van der Waals surface area contributed by atoms with Crippen molar-refractivity contribution >= 4 is 15.7 Å². The Balaban J connectivity index is 1.66. The van der Waals surface area contributed by atoms with Crippen LogP contribution in [0.2, 0.25) is 0 Å².